The van der Waals surface area contributed by atoms with Gasteiger partial charge >= 0.3 is 0 Å². The lowest BCUT2D eigenvalue weighted by molar-refractivity contribution is 0.528. The maximum Gasteiger partial charge on any atom is 0.0759 e. The smallest absolute Gasteiger partial charge is 0.0759 e. The van der Waals surface area contributed by atoms with Crippen LogP contribution in [0, 0.1) is 6.92 Å². The van der Waals surface area contributed by atoms with Gasteiger partial charge in [-0.25, -0.2) is 0 Å². The summed E-state index contributed by atoms with van der Waals surface area (Å²) in [6.45, 7) is 8.30. The monoisotopic (exact) mass is 335 g/mol. The molecule has 1 aromatic heterocycles. The van der Waals surface area contributed by atoms with Gasteiger partial charge in [-0.15, -0.1) is 0 Å². The van der Waals surface area contributed by atoms with Crippen molar-refractivity contribution in [3.8, 4) is 0 Å². The topological polar surface area (TPSA) is 29.9 Å². The molecular weight excluding hydrogens is 314 g/mol. The average Bonchev–Trinajstić information content (AvgIpc) is 2.81. The van der Waals surface area contributed by atoms with Crippen molar-refractivity contribution in [1.29, 1.82) is 0 Å². The Kier molecular flexibility index (Phi) is 5.38. The van der Waals surface area contributed by atoms with Gasteiger partial charge in [0.05, 0.1) is 22.4 Å². The molecule has 0 saturated carbocycles. The molecule has 20 heavy (non-hydrogen) atoms. The van der Waals surface area contributed by atoms with E-state index in [9.17, 15) is 0 Å². The lowest BCUT2D eigenvalue weighted by Crippen LogP contribution is -2.26. The third-order valence-electron chi connectivity index (χ3n) is 3.38. The predicted octanol–water partition coefficient (Wildman–Crippen LogP) is 4.06. The van der Waals surface area contributed by atoms with E-state index in [0.717, 1.165) is 24.0 Å². The normalized spacial score (nSPS) is 12.6. The molecule has 1 unspecified atom stereocenters. The summed E-state index contributed by atoms with van der Waals surface area (Å²) in [6.07, 6.45) is 3.00. The Morgan fingerprint density at radius 1 is 1.35 bits per heavy atom. The molecule has 108 valence electrons. The van der Waals surface area contributed by atoms with E-state index in [2.05, 4.69) is 76.1 Å². The van der Waals surface area contributed by atoms with E-state index in [1.807, 2.05) is 6.20 Å². The van der Waals surface area contributed by atoms with Gasteiger partial charge in [0.25, 0.3) is 0 Å². The van der Waals surface area contributed by atoms with Crippen LogP contribution in [-0.4, -0.2) is 16.3 Å². The molecule has 3 nitrogen and oxygen atoms in total. The second-order valence-electron chi connectivity index (χ2n) is 4.99. The first kappa shape index (κ1) is 15.3. The van der Waals surface area contributed by atoms with Crippen LogP contribution in [0.15, 0.2) is 34.9 Å². The van der Waals surface area contributed by atoms with Crippen LogP contribution in [-0.2, 0) is 6.54 Å². The van der Waals surface area contributed by atoms with Crippen LogP contribution in [0.2, 0.25) is 0 Å². The largest absolute Gasteiger partial charge is 0.305 e. The van der Waals surface area contributed by atoms with Gasteiger partial charge in [-0.3, -0.25) is 4.68 Å². The fourth-order valence-electron chi connectivity index (χ4n) is 2.42. The summed E-state index contributed by atoms with van der Waals surface area (Å²) in [5.74, 6) is 0. The summed E-state index contributed by atoms with van der Waals surface area (Å²) < 4.78 is 3.12. The van der Waals surface area contributed by atoms with Crippen molar-refractivity contribution in [3.05, 3.63) is 51.8 Å². The van der Waals surface area contributed by atoms with Crippen LogP contribution in [0.1, 0.15) is 43.1 Å². The van der Waals surface area contributed by atoms with Gasteiger partial charge in [-0.2, -0.15) is 5.10 Å². The second-order valence-corrected chi connectivity index (χ2v) is 5.85. The van der Waals surface area contributed by atoms with E-state index in [-0.39, 0.29) is 6.04 Å². The van der Waals surface area contributed by atoms with Crippen molar-refractivity contribution in [3.63, 3.8) is 0 Å². The summed E-state index contributed by atoms with van der Waals surface area (Å²) in [5.41, 5.74) is 3.77. The highest BCUT2D eigenvalue weighted by Crippen LogP contribution is 2.29. The van der Waals surface area contributed by atoms with Crippen LogP contribution in [0.3, 0.4) is 0 Å². The number of nitrogens with one attached hydrogen (secondary N) is 1. The maximum atomic E-state index is 4.44. The Labute approximate surface area is 129 Å². The summed E-state index contributed by atoms with van der Waals surface area (Å²) in [5, 5.41) is 8.08. The van der Waals surface area contributed by atoms with E-state index >= 15 is 0 Å². The first-order valence-electron chi connectivity index (χ1n) is 7.18. The minimum absolute atomic E-state index is 0.173. The first-order valence-corrected chi connectivity index (χ1v) is 7.97. The lowest BCUT2D eigenvalue weighted by Gasteiger charge is -2.21. The van der Waals surface area contributed by atoms with E-state index in [4.69, 9.17) is 0 Å². The Morgan fingerprint density at radius 2 is 2.15 bits per heavy atom. The zero-order valence-electron chi connectivity index (χ0n) is 12.4. The number of halogens is 1. The number of aryl methyl sites for hydroxylation is 2. The molecule has 0 amide bonds. The summed E-state index contributed by atoms with van der Waals surface area (Å²) >= 11 is 3.64. The minimum atomic E-state index is 0.173. The molecule has 0 aliphatic rings. The molecule has 1 atom stereocenters. The Balaban J connectivity index is 2.44. The van der Waals surface area contributed by atoms with Gasteiger partial charge in [0.2, 0.25) is 0 Å². The highest BCUT2D eigenvalue weighted by Gasteiger charge is 2.20. The zero-order chi connectivity index (χ0) is 14.5. The van der Waals surface area contributed by atoms with Gasteiger partial charge in [0.15, 0.2) is 0 Å². The predicted molar refractivity (Wildman–Crippen MR) is 86.9 cm³/mol. The minimum Gasteiger partial charge on any atom is -0.305 e. The van der Waals surface area contributed by atoms with Crippen LogP contribution in [0.4, 0.5) is 0 Å². The molecule has 0 aliphatic heterocycles. The van der Waals surface area contributed by atoms with Crippen molar-refractivity contribution in [2.45, 2.75) is 39.8 Å². The number of aromatic nitrogens is 2. The molecule has 0 radical (unpaired) electrons. The third kappa shape index (κ3) is 3.30. The third-order valence-corrected chi connectivity index (χ3v) is 3.99. The van der Waals surface area contributed by atoms with Crippen LogP contribution in [0.25, 0.3) is 0 Å². The molecule has 0 bridgehead atoms. The lowest BCUT2D eigenvalue weighted by atomic mass is 10.0. The standard InChI is InChI=1S/C16H22BrN3/c1-4-9-18-15(13-8-6-7-12(3)10-13)16-14(17)11-19-20(16)5-2/h6-8,10-11,15,18H,4-5,9H2,1-3H3. The molecule has 1 N–H and O–H groups in total. The molecule has 2 aromatic rings. The molecule has 1 heterocycles. The number of nitrogens with zero attached hydrogens (tertiary/aromatic N) is 2. The van der Waals surface area contributed by atoms with Crippen molar-refractivity contribution < 1.29 is 0 Å². The SMILES string of the molecule is CCCNC(c1cccc(C)c1)c1c(Br)cnn1CC. The molecule has 2 rings (SSSR count). The first-order chi connectivity index (χ1) is 9.67. The highest BCUT2D eigenvalue weighted by atomic mass is 79.9. The Morgan fingerprint density at radius 3 is 2.80 bits per heavy atom. The molecule has 0 saturated heterocycles. The van der Waals surface area contributed by atoms with Crippen molar-refractivity contribution >= 4 is 15.9 Å². The maximum absolute atomic E-state index is 4.44. The van der Waals surface area contributed by atoms with Crippen LogP contribution < -0.4 is 5.32 Å². The summed E-state index contributed by atoms with van der Waals surface area (Å²) in [4.78, 5) is 0. The fourth-order valence-corrected chi connectivity index (χ4v) is 2.95. The summed E-state index contributed by atoms with van der Waals surface area (Å²) in [6, 6.07) is 8.84. The number of hydrogen-bond donors (Lipinski definition) is 1. The van der Waals surface area contributed by atoms with Gasteiger partial charge in [-0.1, -0.05) is 36.8 Å². The Bertz CT molecular complexity index is 563. The molecule has 0 fully saturated rings. The number of rotatable bonds is 6. The van der Waals surface area contributed by atoms with Gasteiger partial charge in [0.1, 0.15) is 0 Å². The van der Waals surface area contributed by atoms with E-state index in [1.54, 1.807) is 0 Å². The number of hydrogen-bond acceptors (Lipinski definition) is 2. The van der Waals surface area contributed by atoms with Crippen molar-refractivity contribution in [1.82, 2.24) is 15.1 Å². The summed E-state index contributed by atoms with van der Waals surface area (Å²) in [7, 11) is 0. The fraction of sp³-hybridized carbons (Fsp3) is 0.438. The highest BCUT2D eigenvalue weighted by molar-refractivity contribution is 9.10. The van der Waals surface area contributed by atoms with Crippen molar-refractivity contribution in [2.24, 2.45) is 0 Å². The zero-order valence-corrected chi connectivity index (χ0v) is 13.9. The molecule has 1 aromatic carbocycles. The van der Waals surface area contributed by atoms with E-state index in [1.165, 1.54) is 16.8 Å². The molecule has 4 heteroatoms. The van der Waals surface area contributed by atoms with Crippen LogP contribution in [0.5, 0.6) is 0 Å². The molecule has 0 aliphatic carbocycles. The second kappa shape index (κ2) is 7.04. The van der Waals surface area contributed by atoms with Gasteiger partial charge < -0.3 is 5.32 Å². The van der Waals surface area contributed by atoms with Crippen LogP contribution >= 0.6 is 15.9 Å². The molecular formula is C16H22BrN3. The van der Waals surface area contributed by atoms with Gasteiger partial charge in [0, 0.05) is 6.54 Å². The molecule has 0 spiro atoms. The van der Waals surface area contributed by atoms with Crippen molar-refractivity contribution in [2.75, 3.05) is 6.54 Å². The Hall–Kier alpha value is -1.13. The number of benzene rings is 1. The average molecular weight is 336 g/mol. The quantitative estimate of drug-likeness (QED) is 0.862. The van der Waals surface area contributed by atoms with Gasteiger partial charge in [-0.05, 0) is 48.3 Å². The van der Waals surface area contributed by atoms with E-state index in [0.29, 0.717) is 0 Å². The van der Waals surface area contributed by atoms with E-state index < -0.39 is 0 Å².